The summed E-state index contributed by atoms with van der Waals surface area (Å²) in [5.41, 5.74) is 1.68. The number of rotatable bonds is 6. The number of hydrogen-bond donors (Lipinski definition) is 3. The number of hydrogen-bond acceptors (Lipinski definition) is 5. The predicted molar refractivity (Wildman–Crippen MR) is 89.2 cm³/mol. The van der Waals surface area contributed by atoms with Gasteiger partial charge in [-0.25, -0.2) is 9.18 Å². The maximum absolute atomic E-state index is 13.6. The van der Waals surface area contributed by atoms with Gasteiger partial charge in [0.15, 0.2) is 0 Å². The lowest BCUT2D eigenvalue weighted by molar-refractivity contribution is 0.00940. The summed E-state index contributed by atoms with van der Waals surface area (Å²) >= 11 is 6.06. The van der Waals surface area contributed by atoms with Crippen LogP contribution in [0.3, 0.4) is 0 Å². The molecule has 0 aliphatic heterocycles. The van der Waals surface area contributed by atoms with E-state index in [1.807, 2.05) is 0 Å². The number of ether oxygens (including phenoxy) is 1. The summed E-state index contributed by atoms with van der Waals surface area (Å²) < 4.78 is 18.5. The molecule has 0 aliphatic carbocycles. The molecule has 0 aliphatic rings. The van der Waals surface area contributed by atoms with Crippen LogP contribution in [0.5, 0.6) is 0 Å². The Hall–Kier alpha value is -2.15. The number of nitrogens with one attached hydrogen (secondary N) is 1. The Kier molecular flexibility index (Phi) is 6.14. The van der Waals surface area contributed by atoms with Crippen LogP contribution in [0.2, 0.25) is 5.02 Å². The number of halogens is 2. The summed E-state index contributed by atoms with van der Waals surface area (Å²) in [6, 6.07) is 8.78. The maximum Gasteiger partial charge on any atom is 0.340 e. The van der Waals surface area contributed by atoms with Crippen LogP contribution in [0.4, 0.5) is 15.8 Å². The molecule has 0 fully saturated rings. The van der Waals surface area contributed by atoms with Crippen molar-refractivity contribution in [3.63, 3.8) is 0 Å². The summed E-state index contributed by atoms with van der Waals surface area (Å²) in [4.78, 5) is 12.1. The summed E-state index contributed by atoms with van der Waals surface area (Å²) in [5.74, 6) is -1.27. The van der Waals surface area contributed by atoms with E-state index in [1.54, 1.807) is 25.1 Å². The molecule has 1 atom stereocenters. The molecular formula is C17H17ClFNO4. The van der Waals surface area contributed by atoms with Crippen molar-refractivity contribution in [2.75, 3.05) is 18.5 Å². The molecule has 0 radical (unpaired) electrons. The second-order valence-corrected chi connectivity index (χ2v) is 5.57. The van der Waals surface area contributed by atoms with E-state index in [1.165, 1.54) is 12.1 Å². The van der Waals surface area contributed by atoms with Crippen molar-refractivity contribution in [3.8, 4) is 0 Å². The molecule has 0 saturated carbocycles. The minimum atomic E-state index is -1.17. The van der Waals surface area contributed by atoms with Crippen LogP contribution >= 0.6 is 11.6 Å². The van der Waals surface area contributed by atoms with Gasteiger partial charge in [0.2, 0.25) is 0 Å². The van der Waals surface area contributed by atoms with E-state index in [0.717, 1.165) is 11.6 Å². The normalized spacial score (nSPS) is 11.9. The fourth-order valence-corrected chi connectivity index (χ4v) is 2.16. The number of carbonyl (C=O) groups is 1. The standard InChI is InChI=1S/C17H17ClFNO4/c1-10-14(18)3-2-4-15(10)20-16-7-11(19)5-6-13(16)17(23)24-9-12(22)8-21/h2-7,12,20-22H,8-9H2,1H3. The Bertz CT molecular complexity index is 739. The average Bonchev–Trinajstić information content (AvgIpc) is 2.56. The van der Waals surface area contributed by atoms with Crippen molar-refractivity contribution < 1.29 is 24.1 Å². The number of esters is 1. The van der Waals surface area contributed by atoms with E-state index in [9.17, 15) is 14.3 Å². The zero-order chi connectivity index (χ0) is 17.7. The topological polar surface area (TPSA) is 78.8 Å². The molecular weight excluding hydrogens is 337 g/mol. The van der Waals surface area contributed by atoms with Crippen LogP contribution in [-0.2, 0) is 4.74 Å². The molecule has 0 saturated heterocycles. The quantitative estimate of drug-likeness (QED) is 0.696. The molecule has 2 rings (SSSR count). The number of aliphatic hydroxyl groups is 2. The van der Waals surface area contributed by atoms with Crippen molar-refractivity contribution in [3.05, 3.63) is 58.4 Å². The first kappa shape index (κ1) is 18.2. The Morgan fingerprint density at radius 1 is 1.33 bits per heavy atom. The molecule has 24 heavy (non-hydrogen) atoms. The first-order valence-electron chi connectivity index (χ1n) is 7.20. The Balaban J connectivity index is 2.27. The van der Waals surface area contributed by atoms with Crippen molar-refractivity contribution in [2.24, 2.45) is 0 Å². The van der Waals surface area contributed by atoms with Crippen LogP contribution in [0, 0.1) is 12.7 Å². The van der Waals surface area contributed by atoms with Crippen molar-refractivity contribution in [2.45, 2.75) is 13.0 Å². The van der Waals surface area contributed by atoms with Crippen LogP contribution < -0.4 is 5.32 Å². The summed E-state index contributed by atoms with van der Waals surface area (Å²) in [5, 5.41) is 21.5. The minimum absolute atomic E-state index is 0.0981. The summed E-state index contributed by atoms with van der Waals surface area (Å²) in [6.45, 7) is 0.908. The van der Waals surface area contributed by atoms with Gasteiger partial charge in [-0.2, -0.15) is 0 Å². The lowest BCUT2D eigenvalue weighted by Crippen LogP contribution is -2.22. The minimum Gasteiger partial charge on any atom is -0.459 e. The van der Waals surface area contributed by atoms with Gasteiger partial charge in [0, 0.05) is 10.7 Å². The molecule has 0 amide bonds. The van der Waals surface area contributed by atoms with Crippen molar-refractivity contribution in [1.82, 2.24) is 0 Å². The molecule has 7 heteroatoms. The Labute approximate surface area is 143 Å². The van der Waals surface area contributed by atoms with E-state index in [0.29, 0.717) is 10.7 Å². The molecule has 1 unspecified atom stereocenters. The molecule has 5 nitrogen and oxygen atoms in total. The number of anilines is 2. The zero-order valence-electron chi connectivity index (χ0n) is 12.9. The second-order valence-electron chi connectivity index (χ2n) is 5.16. The van der Waals surface area contributed by atoms with Gasteiger partial charge in [0.1, 0.15) is 18.5 Å². The smallest absolute Gasteiger partial charge is 0.340 e. The van der Waals surface area contributed by atoms with E-state index in [4.69, 9.17) is 21.4 Å². The Morgan fingerprint density at radius 3 is 2.79 bits per heavy atom. The van der Waals surface area contributed by atoms with E-state index < -0.39 is 24.5 Å². The van der Waals surface area contributed by atoms with E-state index in [2.05, 4.69) is 5.32 Å². The average molecular weight is 354 g/mol. The molecule has 0 spiro atoms. The SMILES string of the molecule is Cc1c(Cl)cccc1Nc1cc(F)ccc1C(=O)OCC(O)CO. The van der Waals surface area contributed by atoms with Gasteiger partial charge < -0.3 is 20.3 Å². The Morgan fingerprint density at radius 2 is 2.08 bits per heavy atom. The van der Waals surface area contributed by atoms with Gasteiger partial charge in [0.05, 0.1) is 17.9 Å². The first-order chi connectivity index (χ1) is 11.4. The summed E-state index contributed by atoms with van der Waals surface area (Å²) in [7, 11) is 0. The molecule has 2 aromatic carbocycles. The number of carbonyl (C=O) groups excluding carboxylic acids is 1. The van der Waals surface area contributed by atoms with E-state index in [-0.39, 0.29) is 17.9 Å². The summed E-state index contributed by atoms with van der Waals surface area (Å²) in [6.07, 6.45) is -1.17. The molecule has 128 valence electrons. The van der Waals surface area contributed by atoms with E-state index >= 15 is 0 Å². The van der Waals surface area contributed by atoms with Gasteiger partial charge in [-0.1, -0.05) is 17.7 Å². The molecule has 0 heterocycles. The van der Waals surface area contributed by atoms with Gasteiger partial charge in [-0.15, -0.1) is 0 Å². The third kappa shape index (κ3) is 4.44. The monoisotopic (exact) mass is 353 g/mol. The highest BCUT2D eigenvalue weighted by atomic mass is 35.5. The van der Waals surface area contributed by atoms with Crippen LogP contribution in [0.25, 0.3) is 0 Å². The first-order valence-corrected chi connectivity index (χ1v) is 7.58. The highest BCUT2D eigenvalue weighted by Gasteiger charge is 2.16. The molecule has 3 N–H and O–H groups in total. The molecule has 0 aromatic heterocycles. The van der Waals surface area contributed by atoms with Crippen LogP contribution in [-0.4, -0.2) is 35.5 Å². The lowest BCUT2D eigenvalue weighted by Gasteiger charge is -2.15. The second kappa shape index (κ2) is 8.10. The van der Waals surface area contributed by atoms with Crippen LogP contribution in [0.1, 0.15) is 15.9 Å². The van der Waals surface area contributed by atoms with Gasteiger partial charge in [-0.3, -0.25) is 0 Å². The van der Waals surface area contributed by atoms with Gasteiger partial charge in [0.25, 0.3) is 0 Å². The predicted octanol–water partition coefficient (Wildman–Crippen LogP) is 3.04. The van der Waals surface area contributed by atoms with Gasteiger partial charge in [-0.05, 0) is 42.8 Å². The number of benzene rings is 2. The largest absolute Gasteiger partial charge is 0.459 e. The van der Waals surface area contributed by atoms with Crippen LogP contribution in [0.15, 0.2) is 36.4 Å². The molecule has 2 aromatic rings. The third-order valence-electron chi connectivity index (χ3n) is 3.36. The van der Waals surface area contributed by atoms with Crippen molar-refractivity contribution in [1.29, 1.82) is 0 Å². The fraction of sp³-hybridized carbons (Fsp3) is 0.235. The van der Waals surface area contributed by atoms with Gasteiger partial charge >= 0.3 is 5.97 Å². The van der Waals surface area contributed by atoms with Crippen molar-refractivity contribution >= 4 is 28.9 Å². The fourth-order valence-electron chi connectivity index (χ4n) is 1.99. The highest BCUT2D eigenvalue weighted by molar-refractivity contribution is 6.31. The zero-order valence-corrected chi connectivity index (χ0v) is 13.7. The maximum atomic E-state index is 13.6. The highest BCUT2D eigenvalue weighted by Crippen LogP contribution is 2.28. The third-order valence-corrected chi connectivity index (χ3v) is 3.77. The molecule has 0 bridgehead atoms. The number of aliphatic hydroxyl groups excluding tert-OH is 2. The lowest BCUT2D eigenvalue weighted by atomic mass is 10.1.